The third-order valence-electron chi connectivity index (χ3n) is 4.38. The summed E-state index contributed by atoms with van der Waals surface area (Å²) in [6, 6.07) is 7.48. The zero-order valence-corrected chi connectivity index (χ0v) is 15.3. The van der Waals surface area contributed by atoms with E-state index in [0.29, 0.717) is 6.54 Å². The zero-order chi connectivity index (χ0) is 15.8. The van der Waals surface area contributed by atoms with Gasteiger partial charge >= 0.3 is 0 Å². The average Bonchev–Trinajstić information content (AvgIpc) is 3.17. The third-order valence-corrected chi connectivity index (χ3v) is 4.38. The number of hydrogen-bond donors (Lipinski definition) is 3. The van der Waals surface area contributed by atoms with Gasteiger partial charge in [0.2, 0.25) is 5.91 Å². The number of fused-ring (bicyclic) bond motifs is 2. The van der Waals surface area contributed by atoms with Crippen molar-refractivity contribution in [2.45, 2.75) is 25.9 Å². The molecular formula is C17H20Cl2N4O2. The Balaban J connectivity index is 0.00000113. The van der Waals surface area contributed by atoms with Gasteiger partial charge in [0.05, 0.1) is 18.6 Å². The van der Waals surface area contributed by atoms with Crippen LogP contribution in [0.25, 0.3) is 11.0 Å². The van der Waals surface area contributed by atoms with Crippen LogP contribution in [-0.4, -0.2) is 22.4 Å². The number of carbonyl (C=O) groups is 1. The Morgan fingerprint density at radius 2 is 2.16 bits per heavy atom. The summed E-state index contributed by atoms with van der Waals surface area (Å²) >= 11 is 0. The number of imidazole rings is 1. The first-order valence-electron chi connectivity index (χ1n) is 7.74. The van der Waals surface area contributed by atoms with Crippen molar-refractivity contribution in [3.05, 3.63) is 53.3 Å². The lowest BCUT2D eigenvalue weighted by Crippen LogP contribution is -2.41. The largest absolute Gasteiger partial charge is 0.459 e. The summed E-state index contributed by atoms with van der Waals surface area (Å²) in [6.45, 7) is 3.15. The number of carbonyl (C=O) groups excluding carboxylic acids is 1. The molecule has 3 aromatic rings. The summed E-state index contributed by atoms with van der Waals surface area (Å²) in [5.74, 6) is 0.704. The molecule has 0 saturated carbocycles. The topological polar surface area (TPSA) is 83.0 Å². The van der Waals surface area contributed by atoms with Gasteiger partial charge in [0, 0.05) is 29.6 Å². The van der Waals surface area contributed by atoms with Gasteiger partial charge in [-0.05, 0) is 13.0 Å². The molecule has 3 N–H and O–H groups in total. The van der Waals surface area contributed by atoms with E-state index in [1.807, 2.05) is 31.2 Å². The number of hydrogen-bond acceptors (Lipinski definition) is 4. The SMILES string of the molecule is Cc1c(CNC(=O)C2NCCc3[nH]cnc32)oc2ccccc12.Cl.Cl. The van der Waals surface area contributed by atoms with Crippen molar-refractivity contribution in [2.75, 3.05) is 6.54 Å². The van der Waals surface area contributed by atoms with E-state index in [1.165, 1.54) is 0 Å². The molecule has 2 aromatic heterocycles. The molecule has 25 heavy (non-hydrogen) atoms. The third kappa shape index (κ3) is 3.51. The van der Waals surface area contributed by atoms with E-state index in [0.717, 1.165) is 46.6 Å². The molecule has 3 heterocycles. The van der Waals surface area contributed by atoms with Gasteiger partial charge in [0.25, 0.3) is 0 Å². The highest BCUT2D eigenvalue weighted by Gasteiger charge is 2.28. The van der Waals surface area contributed by atoms with Gasteiger partial charge < -0.3 is 20.0 Å². The standard InChI is InChI=1S/C17H18N4O2.2ClH/c1-10-11-4-2-3-5-13(11)23-14(10)8-19-17(22)16-15-12(6-7-18-16)20-9-21-15;;/h2-5,9,16,18H,6-8H2,1H3,(H,19,22)(H,20,21);2*1H. The predicted octanol–water partition coefficient (Wildman–Crippen LogP) is 2.81. The number of H-pyrrole nitrogens is 1. The van der Waals surface area contributed by atoms with Crippen molar-refractivity contribution in [3.63, 3.8) is 0 Å². The average molecular weight is 383 g/mol. The molecule has 1 aromatic carbocycles. The van der Waals surface area contributed by atoms with Crippen LogP contribution < -0.4 is 10.6 Å². The predicted molar refractivity (Wildman–Crippen MR) is 100 cm³/mol. The molecule has 0 aliphatic carbocycles. The van der Waals surface area contributed by atoms with Crippen LogP contribution in [0.1, 0.15) is 28.8 Å². The normalized spacial score (nSPS) is 15.8. The van der Waals surface area contributed by atoms with Crippen molar-refractivity contribution in [2.24, 2.45) is 0 Å². The molecule has 1 aliphatic heterocycles. The monoisotopic (exact) mass is 382 g/mol. The number of amides is 1. The maximum Gasteiger partial charge on any atom is 0.243 e. The van der Waals surface area contributed by atoms with Crippen LogP contribution in [0.3, 0.4) is 0 Å². The molecule has 4 rings (SSSR count). The molecule has 0 saturated heterocycles. The Bertz CT molecular complexity index is 875. The Labute approximate surface area is 157 Å². The molecule has 1 amide bonds. The van der Waals surface area contributed by atoms with Gasteiger partial charge in [-0.15, -0.1) is 24.8 Å². The number of benzene rings is 1. The highest BCUT2D eigenvalue weighted by atomic mass is 35.5. The Morgan fingerprint density at radius 3 is 2.96 bits per heavy atom. The summed E-state index contributed by atoms with van der Waals surface area (Å²) < 4.78 is 5.83. The molecular weight excluding hydrogens is 363 g/mol. The number of nitrogens with one attached hydrogen (secondary N) is 3. The second-order valence-corrected chi connectivity index (χ2v) is 5.77. The van der Waals surface area contributed by atoms with Crippen LogP contribution in [0.2, 0.25) is 0 Å². The van der Waals surface area contributed by atoms with Crippen molar-refractivity contribution in [1.29, 1.82) is 0 Å². The minimum Gasteiger partial charge on any atom is -0.459 e. The van der Waals surface area contributed by atoms with Crippen molar-refractivity contribution in [1.82, 2.24) is 20.6 Å². The van der Waals surface area contributed by atoms with Crippen LogP contribution in [0.4, 0.5) is 0 Å². The molecule has 1 atom stereocenters. The molecule has 134 valence electrons. The van der Waals surface area contributed by atoms with Gasteiger partial charge in [-0.3, -0.25) is 4.79 Å². The van der Waals surface area contributed by atoms with Crippen LogP contribution >= 0.6 is 24.8 Å². The summed E-state index contributed by atoms with van der Waals surface area (Å²) in [5, 5.41) is 7.25. The summed E-state index contributed by atoms with van der Waals surface area (Å²) in [7, 11) is 0. The first-order valence-corrected chi connectivity index (χ1v) is 7.74. The molecule has 1 unspecified atom stereocenters. The fraction of sp³-hybridized carbons (Fsp3) is 0.294. The second-order valence-electron chi connectivity index (χ2n) is 5.77. The highest BCUT2D eigenvalue weighted by Crippen LogP contribution is 2.25. The summed E-state index contributed by atoms with van der Waals surface area (Å²) in [4.78, 5) is 19.8. The number of rotatable bonds is 3. The number of para-hydroxylation sites is 1. The molecule has 8 heteroatoms. The minimum absolute atomic E-state index is 0. The fourth-order valence-electron chi connectivity index (χ4n) is 3.10. The lowest BCUT2D eigenvalue weighted by molar-refractivity contribution is -0.123. The van der Waals surface area contributed by atoms with Crippen LogP contribution in [0, 0.1) is 6.92 Å². The smallest absolute Gasteiger partial charge is 0.243 e. The Hall–Kier alpha value is -2.02. The van der Waals surface area contributed by atoms with E-state index in [2.05, 4.69) is 20.6 Å². The zero-order valence-electron chi connectivity index (χ0n) is 13.7. The number of aromatic amines is 1. The van der Waals surface area contributed by atoms with E-state index < -0.39 is 6.04 Å². The first kappa shape index (κ1) is 19.3. The van der Waals surface area contributed by atoms with Crippen LogP contribution in [-0.2, 0) is 17.8 Å². The number of nitrogens with zero attached hydrogens (tertiary/aromatic N) is 1. The number of furan rings is 1. The number of aryl methyl sites for hydroxylation is 1. The second kappa shape index (κ2) is 7.91. The van der Waals surface area contributed by atoms with E-state index in [4.69, 9.17) is 4.42 Å². The van der Waals surface area contributed by atoms with Crippen molar-refractivity contribution < 1.29 is 9.21 Å². The highest BCUT2D eigenvalue weighted by molar-refractivity contribution is 5.86. The molecule has 0 spiro atoms. The first-order chi connectivity index (χ1) is 11.2. The van der Waals surface area contributed by atoms with Gasteiger partial charge in [0.15, 0.2) is 0 Å². The van der Waals surface area contributed by atoms with Crippen molar-refractivity contribution in [3.8, 4) is 0 Å². The van der Waals surface area contributed by atoms with E-state index >= 15 is 0 Å². The number of aromatic nitrogens is 2. The summed E-state index contributed by atoms with van der Waals surface area (Å²) in [5.41, 5.74) is 3.73. The lowest BCUT2D eigenvalue weighted by Gasteiger charge is -2.22. The van der Waals surface area contributed by atoms with Crippen LogP contribution in [0.5, 0.6) is 0 Å². The maximum atomic E-state index is 12.5. The Kier molecular flexibility index (Phi) is 6.11. The van der Waals surface area contributed by atoms with Crippen LogP contribution in [0.15, 0.2) is 35.0 Å². The lowest BCUT2D eigenvalue weighted by atomic mass is 10.0. The van der Waals surface area contributed by atoms with Gasteiger partial charge in [-0.2, -0.15) is 0 Å². The quantitative estimate of drug-likeness (QED) is 0.650. The van der Waals surface area contributed by atoms with Crippen molar-refractivity contribution >= 4 is 41.7 Å². The number of halogens is 2. The minimum atomic E-state index is -0.408. The Morgan fingerprint density at radius 1 is 1.36 bits per heavy atom. The van der Waals surface area contributed by atoms with E-state index in [-0.39, 0.29) is 30.7 Å². The molecule has 0 radical (unpaired) electrons. The molecule has 0 fully saturated rings. The molecule has 1 aliphatic rings. The van der Waals surface area contributed by atoms with E-state index in [9.17, 15) is 4.79 Å². The summed E-state index contributed by atoms with van der Waals surface area (Å²) in [6.07, 6.45) is 2.50. The maximum absolute atomic E-state index is 12.5. The fourth-order valence-corrected chi connectivity index (χ4v) is 3.10. The van der Waals surface area contributed by atoms with Gasteiger partial charge in [-0.25, -0.2) is 4.98 Å². The molecule has 6 nitrogen and oxygen atoms in total. The van der Waals surface area contributed by atoms with Gasteiger partial charge in [0.1, 0.15) is 17.4 Å². The van der Waals surface area contributed by atoms with E-state index in [1.54, 1.807) is 6.33 Å². The molecule has 0 bridgehead atoms. The van der Waals surface area contributed by atoms with Gasteiger partial charge in [-0.1, -0.05) is 18.2 Å².